The SMILES string of the molecule is CC(C)C(=O)COc1ccc2sc3ccccc3c(=O)c2c1. The number of rotatable bonds is 4. The van der Waals surface area contributed by atoms with Gasteiger partial charge in [-0.2, -0.15) is 0 Å². The molecule has 0 saturated heterocycles. The Kier molecular flexibility index (Phi) is 3.94. The van der Waals surface area contributed by atoms with E-state index in [0.717, 1.165) is 14.8 Å². The summed E-state index contributed by atoms with van der Waals surface area (Å²) in [6.07, 6.45) is 0. The Labute approximate surface area is 132 Å². The molecule has 0 radical (unpaired) electrons. The van der Waals surface area contributed by atoms with Crippen molar-refractivity contribution in [3.63, 3.8) is 0 Å². The Balaban J connectivity index is 2.02. The van der Waals surface area contributed by atoms with Crippen molar-refractivity contribution in [3.8, 4) is 5.75 Å². The smallest absolute Gasteiger partial charge is 0.196 e. The van der Waals surface area contributed by atoms with E-state index in [1.165, 1.54) is 0 Å². The predicted octanol–water partition coefficient (Wildman–Crippen LogP) is 4.02. The van der Waals surface area contributed by atoms with Crippen molar-refractivity contribution in [2.45, 2.75) is 13.8 Å². The molecule has 2 aromatic carbocycles. The monoisotopic (exact) mass is 312 g/mol. The molecule has 22 heavy (non-hydrogen) atoms. The molecule has 0 N–H and O–H groups in total. The van der Waals surface area contributed by atoms with Gasteiger partial charge in [0, 0.05) is 26.1 Å². The van der Waals surface area contributed by atoms with E-state index in [9.17, 15) is 9.59 Å². The number of hydrogen-bond acceptors (Lipinski definition) is 4. The largest absolute Gasteiger partial charge is 0.486 e. The number of carbonyl (C=O) groups excluding carboxylic acids is 1. The van der Waals surface area contributed by atoms with Crippen LogP contribution in [0, 0.1) is 5.92 Å². The zero-order chi connectivity index (χ0) is 15.7. The van der Waals surface area contributed by atoms with Crippen LogP contribution in [0.4, 0.5) is 0 Å². The number of ether oxygens (including phenoxy) is 1. The van der Waals surface area contributed by atoms with Crippen LogP contribution < -0.4 is 10.2 Å². The molecule has 112 valence electrons. The molecule has 3 nitrogen and oxygen atoms in total. The van der Waals surface area contributed by atoms with E-state index in [2.05, 4.69) is 0 Å². The van der Waals surface area contributed by atoms with E-state index in [0.29, 0.717) is 11.1 Å². The standard InChI is InChI=1S/C18H16O3S/c1-11(2)15(19)10-21-12-7-8-17-14(9-12)18(20)13-5-3-4-6-16(13)22-17/h3-9,11H,10H2,1-2H3. The molecule has 0 atom stereocenters. The summed E-state index contributed by atoms with van der Waals surface area (Å²) in [6, 6.07) is 13.0. The van der Waals surface area contributed by atoms with Gasteiger partial charge in [0.1, 0.15) is 12.4 Å². The van der Waals surface area contributed by atoms with Gasteiger partial charge in [-0.1, -0.05) is 26.0 Å². The van der Waals surface area contributed by atoms with Crippen LogP contribution in [0.15, 0.2) is 47.3 Å². The Hall–Kier alpha value is -2.20. The van der Waals surface area contributed by atoms with Crippen molar-refractivity contribution >= 4 is 37.3 Å². The van der Waals surface area contributed by atoms with Crippen molar-refractivity contribution in [1.29, 1.82) is 0 Å². The van der Waals surface area contributed by atoms with Crippen LogP contribution in [-0.2, 0) is 4.79 Å². The maximum atomic E-state index is 12.6. The summed E-state index contributed by atoms with van der Waals surface area (Å²) in [5.74, 6) is 0.548. The van der Waals surface area contributed by atoms with E-state index in [1.54, 1.807) is 23.5 Å². The highest BCUT2D eigenvalue weighted by Crippen LogP contribution is 2.27. The van der Waals surface area contributed by atoms with E-state index in [4.69, 9.17) is 4.74 Å². The van der Waals surface area contributed by atoms with Gasteiger partial charge in [0.2, 0.25) is 0 Å². The Morgan fingerprint density at radius 1 is 1.09 bits per heavy atom. The van der Waals surface area contributed by atoms with Crippen LogP contribution in [0.25, 0.3) is 20.2 Å². The minimum atomic E-state index is -0.0540. The van der Waals surface area contributed by atoms with Gasteiger partial charge in [0.15, 0.2) is 11.2 Å². The van der Waals surface area contributed by atoms with Crippen molar-refractivity contribution in [3.05, 3.63) is 52.7 Å². The zero-order valence-corrected chi connectivity index (χ0v) is 13.3. The molecule has 1 aromatic heterocycles. The highest BCUT2D eigenvalue weighted by atomic mass is 32.1. The first kappa shape index (κ1) is 14.7. The van der Waals surface area contributed by atoms with E-state index in [1.807, 2.05) is 44.2 Å². The molecule has 0 spiro atoms. The summed E-state index contributed by atoms with van der Waals surface area (Å²) >= 11 is 1.58. The fourth-order valence-corrected chi connectivity index (χ4v) is 3.25. The summed E-state index contributed by atoms with van der Waals surface area (Å²) in [6.45, 7) is 3.72. The molecule has 3 aromatic rings. The lowest BCUT2D eigenvalue weighted by molar-refractivity contribution is -0.123. The van der Waals surface area contributed by atoms with Crippen LogP contribution in [0.1, 0.15) is 13.8 Å². The van der Waals surface area contributed by atoms with E-state index >= 15 is 0 Å². The van der Waals surface area contributed by atoms with Gasteiger partial charge in [-0.3, -0.25) is 9.59 Å². The molecule has 0 saturated carbocycles. The quantitative estimate of drug-likeness (QED) is 0.683. The lowest BCUT2D eigenvalue weighted by Crippen LogP contribution is -2.16. The second kappa shape index (κ2) is 5.89. The minimum Gasteiger partial charge on any atom is -0.486 e. The number of benzene rings is 2. The van der Waals surface area contributed by atoms with Gasteiger partial charge in [-0.05, 0) is 30.3 Å². The lowest BCUT2D eigenvalue weighted by Gasteiger charge is -2.08. The van der Waals surface area contributed by atoms with Crippen LogP contribution in [0.3, 0.4) is 0 Å². The molecule has 0 aliphatic carbocycles. The summed E-state index contributed by atoms with van der Waals surface area (Å²) in [5, 5.41) is 1.36. The van der Waals surface area contributed by atoms with Gasteiger partial charge in [0.25, 0.3) is 0 Å². The number of fused-ring (bicyclic) bond motifs is 2. The number of carbonyl (C=O) groups is 1. The summed E-state index contributed by atoms with van der Waals surface area (Å²) in [4.78, 5) is 24.2. The number of ketones is 1. The topological polar surface area (TPSA) is 43.4 Å². The Morgan fingerprint density at radius 2 is 1.82 bits per heavy atom. The normalized spacial score (nSPS) is 11.2. The lowest BCUT2D eigenvalue weighted by atomic mass is 10.1. The van der Waals surface area contributed by atoms with Crippen molar-refractivity contribution in [1.82, 2.24) is 0 Å². The third kappa shape index (κ3) is 2.74. The first-order chi connectivity index (χ1) is 10.6. The average Bonchev–Trinajstić information content (AvgIpc) is 2.53. The molecule has 0 fully saturated rings. The molecular formula is C18H16O3S. The van der Waals surface area contributed by atoms with Crippen molar-refractivity contribution in [2.75, 3.05) is 6.61 Å². The molecule has 0 aliphatic heterocycles. The zero-order valence-electron chi connectivity index (χ0n) is 12.5. The molecule has 0 amide bonds. The molecule has 0 aliphatic rings. The van der Waals surface area contributed by atoms with Crippen molar-refractivity contribution in [2.24, 2.45) is 5.92 Å². The third-order valence-electron chi connectivity index (χ3n) is 3.57. The fourth-order valence-electron chi connectivity index (χ4n) is 2.19. The second-order valence-corrected chi connectivity index (χ2v) is 6.58. The maximum Gasteiger partial charge on any atom is 0.196 e. The first-order valence-electron chi connectivity index (χ1n) is 7.17. The Bertz CT molecular complexity index is 909. The van der Waals surface area contributed by atoms with Crippen LogP contribution >= 0.6 is 11.3 Å². The van der Waals surface area contributed by atoms with E-state index in [-0.39, 0.29) is 23.7 Å². The highest BCUT2D eigenvalue weighted by molar-refractivity contribution is 7.24. The number of hydrogen-bond donors (Lipinski definition) is 0. The van der Waals surface area contributed by atoms with Gasteiger partial charge >= 0.3 is 0 Å². The maximum absolute atomic E-state index is 12.6. The summed E-state index contributed by atoms with van der Waals surface area (Å²) in [7, 11) is 0. The molecule has 4 heteroatoms. The summed E-state index contributed by atoms with van der Waals surface area (Å²) < 4.78 is 7.42. The van der Waals surface area contributed by atoms with Crippen LogP contribution in [0.5, 0.6) is 5.75 Å². The molecule has 0 bridgehead atoms. The number of Topliss-reactive ketones (excluding diaryl/α,β-unsaturated/α-hetero) is 1. The average molecular weight is 312 g/mol. The highest BCUT2D eigenvalue weighted by Gasteiger charge is 2.10. The van der Waals surface area contributed by atoms with Gasteiger partial charge in [-0.25, -0.2) is 0 Å². The Morgan fingerprint density at radius 3 is 2.59 bits per heavy atom. The van der Waals surface area contributed by atoms with Gasteiger partial charge in [0.05, 0.1) is 0 Å². The fraction of sp³-hybridized carbons (Fsp3) is 0.222. The van der Waals surface area contributed by atoms with Crippen LogP contribution in [-0.4, -0.2) is 12.4 Å². The summed E-state index contributed by atoms with van der Waals surface area (Å²) in [5.41, 5.74) is 0.00462. The first-order valence-corrected chi connectivity index (χ1v) is 7.99. The molecular weight excluding hydrogens is 296 g/mol. The third-order valence-corrected chi connectivity index (χ3v) is 4.72. The predicted molar refractivity (Wildman–Crippen MR) is 90.9 cm³/mol. The van der Waals surface area contributed by atoms with E-state index < -0.39 is 0 Å². The van der Waals surface area contributed by atoms with Gasteiger partial charge < -0.3 is 4.74 Å². The second-order valence-electron chi connectivity index (χ2n) is 5.49. The molecule has 3 rings (SSSR count). The van der Waals surface area contributed by atoms with Gasteiger partial charge in [-0.15, -0.1) is 11.3 Å². The molecule has 1 heterocycles. The molecule has 0 unspecified atom stereocenters. The van der Waals surface area contributed by atoms with Crippen molar-refractivity contribution < 1.29 is 9.53 Å². The minimum absolute atomic E-state index is 0.00462. The van der Waals surface area contributed by atoms with Crippen LogP contribution in [0.2, 0.25) is 0 Å².